The van der Waals surface area contributed by atoms with Crippen LogP contribution in [0.25, 0.3) is 11.0 Å². The van der Waals surface area contributed by atoms with E-state index in [1.165, 1.54) is 12.3 Å². The molecule has 3 heterocycles. The highest BCUT2D eigenvalue weighted by molar-refractivity contribution is 14.1. The maximum Gasteiger partial charge on any atom is 0.159 e. The Bertz CT molecular complexity index is 697. The normalized spacial score (nSPS) is 11.0. The Morgan fingerprint density at radius 2 is 2.00 bits per heavy atom. The van der Waals surface area contributed by atoms with E-state index in [1.54, 1.807) is 23.1 Å². The standard InChI is InChI=1S/C11H7FIN5/c12-7-4-8-10(13)17-18(11(8)16-5-7)6-9-14-2-1-3-15-9/h1-5H,6H2. The molecule has 0 unspecified atom stereocenters. The van der Waals surface area contributed by atoms with E-state index in [-0.39, 0.29) is 5.82 Å². The van der Waals surface area contributed by atoms with Crippen molar-refractivity contribution in [3.8, 4) is 0 Å². The largest absolute Gasteiger partial charge is 0.239 e. The molecule has 0 radical (unpaired) electrons. The third kappa shape index (κ3) is 2.05. The van der Waals surface area contributed by atoms with Gasteiger partial charge in [0.2, 0.25) is 0 Å². The van der Waals surface area contributed by atoms with Gasteiger partial charge in [0, 0.05) is 12.4 Å². The van der Waals surface area contributed by atoms with E-state index in [4.69, 9.17) is 0 Å². The van der Waals surface area contributed by atoms with Gasteiger partial charge in [0.25, 0.3) is 0 Å². The average molecular weight is 355 g/mol. The molecule has 3 aromatic heterocycles. The molecule has 7 heteroatoms. The lowest BCUT2D eigenvalue weighted by molar-refractivity contribution is 0.622. The highest BCUT2D eigenvalue weighted by Gasteiger charge is 2.11. The molecule has 18 heavy (non-hydrogen) atoms. The van der Waals surface area contributed by atoms with Crippen LogP contribution in [-0.2, 0) is 6.54 Å². The van der Waals surface area contributed by atoms with Crippen LogP contribution in [-0.4, -0.2) is 24.7 Å². The summed E-state index contributed by atoms with van der Waals surface area (Å²) in [5, 5.41) is 5.02. The predicted molar refractivity (Wildman–Crippen MR) is 71.3 cm³/mol. The van der Waals surface area contributed by atoms with Crippen molar-refractivity contribution in [2.45, 2.75) is 6.54 Å². The molecule has 5 nitrogen and oxygen atoms in total. The first-order chi connectivity index (χ1) is 8.74. The number of hydrogen-bond acceptors (Lipinski definition) is 4. The molecule has 0 fully saturated rings. The van der Waals surface area contributed by atoms with Crippen molar-refractivity contribution in [3.63, 3.8) is 0 Å². The Morgan fingerprint density at radius 1 is 1.22 bits per heavy atom. The Labute approximate surface area is 115 Å². The summed E-state index contributed by atoms with van der Waals surface area (Å²) in [5.41, 5.74) is 0.633. The van der Waals surface area contributed by atoms with Crippen LogP contribution in [0.15, 0.2) is 30.7 Å². The molecule has 0 aliphatic carbocycles. The molecule has 90 valence electrons. The van der Waals surface area contributed by atoms with Crippen LogP contribution in [0.2, 0.25) is 0 Å². The molecule has 0 aliphatic rings. The van der Waals surface area contributed by atoms with Crippen LogP contribution in [0.1, 0.15) is 5.82 Å². The second kappa shape index (κ2) is 4.56. The monoisotopic (exact) mass is 355 g/mol. The fourth-order valence-corrected chi connectivity index (χ4v) is 2.31. The number of pyridine rings is 1. The van der Waals surface area contributed by atoms with Crippen molar-refractivity contribution in [2.75, 3.05) is 0 Å². The van der Waals surface area contributed by atoms with E-state index in [2.05, 4.69) is 42.6 Å². The van der Waals surface area contributed by atoms with Gasteiger partial charge in [0.05, 0.1) is 11.6 Å². The van der Waals surface area contributed by atoms with E-state index in [0.717, 1.165) is 0 Å². The summed E-state index contributed by atoms with van der Waals surface area (Å²) in [5.74, 6) is 0.278. The van der Waals surface area contributed by atoms with Gasteiger partial charge in [-0.25, -0.2) is 24.0 Å². The molecule has 0 bridgehead atoms. The Kier molecular flexibility index (Phi) is 2.90. The molecule has 0 spiro atoms. The second-order valence-electron chi connectivity index (χ2n) is 3.64. The maximum absolute atomic E-state index is 13.1. The van der Waals surface area contributed by atoms with E-state index in [1.807, 2.05) is 0 Å². The van der Waals surface area contributed by atoms with E-state index < -0.39 is 0 Å². The van der Waals surface area contributed by atoms with Gasteiger partial charge < -0.3 is 0 Å². The Morgan fingerprint density at radius 3 is 2.78 bits per heavy atom. The molecule has 0 aromatic carbocycles. The van der Waals surface area contributed by atoms with E-state index in [9.17, 15) is 4.39 Å². The number of nitrogens with zero attached hydrogens (tertiary/aromatic N) is 5. The van der Waals surface area contributed by atoms with E-state index >= 15 is 0 Å². The number of aromatic nitrogens is 5. The van der Waals surface area contributed by atoms with Crippen LogP contribution in [0.3, 0.4) is 0 Å². The summed E-state index contributed by atoms with van der Waals surface area (Å²) < 4.78 is 15.5. The smallest absolute Gasteiger partial charge is 0.159 e. The third-order valence-corrected chi connectivity index (χ3v) is 3.22. The molecule has 0 amide bonds. The van der Waals surface area contributed by atoms with E-state index in [0.29, 0.717) is 27.1 Å². The number of hydrogen-bond donors (Lipinski definition) is 0. The minimum Gasteiger partial charge on any atom is -0.239 e. The Balaban J connectivity index is 2.08. The zero-order chi connectivity index (χ0) is 12.5. The molecular formula is C11H7FIN5. The van der Waals surface area contributed by atoms with Gasteiger partial charge >= 0.3 is 0 Å². The van der Waals surface area contributed by atoms with Crippen molar-refractivity contribution in [2.24, 2.45) is 0 Å². The van der Waals surface area contributed by atoms with Crippen LogP contribution < -0.4 is 0 Å². The van der Waals surface area contributed by atoms with Crippen LogP contribution >= 0.6 is 22.6 Å². The Hall–Kier alpha value is -1.64. The predicted octanol–water partition coefficient (Wildman–Crippen LogP) is 2.01. The number of fused-ring (bicyclic) bond motifs is 1. The third-order valence-electron chi connectivity index (χ3n) is 2.42. The molecule has 0 aliphatic heterocycles. The molecule has 3 aromatic rings. The SMILES string of the molecule is Fc1cnc2c(c1)c(I)nn2Cc1ncccn1. The highest BCUT2D eigenvalue weighted by atomic mass is 127. The first kappa shape index (κ1) is 11.5. The van der Waals surface area contributed by atoms with Crippen LogP contribution in [0, 0.1) is 9.52 Å². The maximum atomic E-state index is 13.1. The summed E-state index contributed by atoms with van der Waals surface area (Å²) in [7, 11) is 0. The van der Waals surface area contributed by atoms with Crippen molar-refractivity contribution in [1.82, 2.24) is 24.7 Å². The van der Waals surface area contributed by atoms with Gasteiger partial charge in [-0.2, -0.15) is 5.10 Å². The highest BCUT2D eigenvalue weighted by Crippen LogP contribution is 2.19. The fourth-order valence-electron chi connectivity index (χ4n) is 1.65. The van der Waals surface area contributed by atoms with Gasteiger partial charge in [-0.1, -0.05) is 0 Å². The summed E-state index contributed by atoms with van der Waals surface area (Å²) in [6.07, 6.45) is 4.53. The molecule has 3 rings (SSSR count). The summed E-state index contributed by atoms with van der Waals surface area (Å²) in [4.78, 5) is 12.3. The number of halogens is 2. The molecule has 0 saturated heterocycles. The quantitative estimate of drug-likeness (QED) is 0.660. The first-order valence-corrected chi connectivity index (χ1v) is 6.25. The van der Waals surface area contributed by atoms with Crippen molar-refractivity contribution in [1.29, 1.82) is 0 Å². The average Bonchev–Trinajstić information content (AvgIpc) is 2.67. The van der Waals surface area contributed by atoms with Gasteiger partial charge in [-0.15, -0.1) is 0 Å². The van der Waals surface area contributed by atoms with Gasteiger partial charge in [-0.05, 0) is 34.7 Å². The lowest BCUT2D eigenvalue weighted by atomic mass is 10.3. The number of rotatable bonds is 2. The zero-order valence-electron chi connectivity index (χ0n) is 9.09. The first-order valence-electron chi connectivity index (χ1n) is 5.17. The van der Waals surface area contributed by atoms with Crippen molar-refractivity contribution >= 4 is 33.6 Å². The molecular weight excluding hydrogens is 348 g/mol. The zero-order valence-corrected chi connectivity index (χ0v) is 11.2. The van der Waals surface area contributed by atoms with Crippen molar-refractivity contribution < 1.29 is 4.39 Å². The van der Waals surface area contributed by atoms with Gasteiger partial charge in [0.15, 0.2) is 5.65 Å². The van der Waals surface area contributed by atoms with Crippen LogP contribution in [0.5, 0.6) is 0 Å². The van der Waals surface area contributed by atoms with Gasteiger partial charge in [-0.3, -0.25) is 0 Å². The summed E-state index contributed by atoms with van der Waals surface area (Å²) in [6, 6.07) is 3.18. The molecule has 0 saturated carbocycles. The van der Waals surface area contributed by atoms with Gasteiger partial charge in [0.1, 0.15) is 21.9 Å². The summed E-state index contributed by atoms with van der Waals surface area (Å²) >= 11 is 2.06. The minimum atomic E-state index is -0.365. The summed E-state index contributed by atoms with van der Waals surface area (Å²) in [6.45, 7) is 0.416. The second-order valence-corrected chi connectivity index (χ2v) is 4.66. The molecule has 0 N–H and O–H groups in total. The minimum absolute atomic E-state index is 0.365. The topological polar surface area (TPSA) is 56.5 Å². The lowest BCUT2D eigenvalue weighted by Gasteiger charge is -2.00. The van der Waals surface area contributed by atoms with Crippen LogP contribution in [0.4, 0.5) is 4.39 Å². The molecule has 0 atom stereocenters. The van der Waals surface area contributed by atoms with Crippen molar-refractivity contribution in [3.05, 3.63) is 46.1 Å². The lowest BCUT2D eigenvalue weighted by Crippen LogP contribution is -2.06. The fraction of sp³-hybridized carbons (Fsp3) is 0.0909.